The summed E-state index contributed by atoms with van der Waals surface area (Å²) in [6.07, 6.45) is 16.1. The summed E-state index contributed by atoms with van der Waals surface area (Å²) in [6.45, 7) is 3.53. The molecular formula is C15H27N. The molecule has 2 aliphatic rings. The molecule has 0 bridgehead atoms. The van der Waals surface area contributed by atoms with Crippen molar-refractivity contribution in [3.05, 3.63) is 12.2 Å². The molecule has 0 spiro atoms. The van der Waals surface area contributed by atoms with Crippen LogP contribution in [0.3, 0.4) is 0 Å². The first-order valence-corrected chi connectivity index (χ1v) is 7.28. The van der Waals surface area contributed by atoms with E-state index in [0.717, 1.165) is 17.9 Å². The van der Waals surface area contributed by atoms with Gasteiger partial charge in [-0.3, -0.25) is 0 Å². The van der Waals surface area contributed by atoms with Crippen LogP contribution in [0.25, 0.3) is 0 Å². The van der Waals surface area contributed by atoms with Crippen molar-refractivity contribution in [3.8, 4) is 0 Å². The fraction of sp³-hybridized carbons (Fsp3) is 0.867. The monoisotopic (exact) mass is 221 g/mol. The van der Waals surface area contributed by atoms with Crippen LogP contribution in [-0.4, -0.2) is 12.6 Å². The van der Waals surface area contributed by atoms with Crippen molar-refractivity contribution < 1.29 is 0 Å². The average Bonchev–Trinajstić information content (AvgIpc) is 3.13. The summed E-state index contributed by atoms with van der Waals surface area (Å²) in [6, 6.07) is 0.868. The van der Waals surface area contributed by atoms with E-state index in [9.17, 15) is 0 Å². The zero-order chi connectivity index (χ0) is 11.2. The summed E-state index contributed by atoms with van der Waals surface area (Å²) in [5.74, 6) is 1.90. The quantitative estimate of drug-likeness (QED) is 0.530. The first kappa shape index (κ1) is 12.2. The van der Waals surface area contributed by atoms with Gasteiger partial charge in [-0.2, -0.15) is 0 Å². The largest absolute Gasteiger partial charge is 0.314 e. The van der Waals surface area contributed by atoms with Crippen molar-refractivity contribution in [1.29, 1.82) is 0 Å². The number of rotatable bonds is 6. The highest BCUT2D eigenvalue weighted by Crippen LogP contribution is 2.31. The van der Waals surface area contributed by atoms with Gasteiger partial charge in [-0.05, 0) is 50.5 Å². The minimum Gasteiger partial charge on any atom is -0.314 e. The molecule has 1 N–H and O–H groups in total. The highest BCUT2D eigenvalue weighted by Gasteiger charge is 2.19. The Bertz CT molecular complexity index is 217. The molecule has 2 aliphatic carbocycles. The Morgan fingerprint density at radius 3 is 2.81 bits per heavy atom. The molecule has 0 amide bonds. The molecule has 0 aromatic rings. The minimum absolute atomic E-state index is 0.868. The number of nitrogens with one attached hydrogen (secondary N) is 1. The maximum absolute atomic E-state index is 3.56. The van der Waals surface area contributed by atoms with E-state index in [1.165, 1.54) is 57.9 Å². The molecule has 0 saturated heterocycles. The molecule has 0 aromatic carbocycles. The number of hydrogen-bond donors (Lipinski definition) is 1. The van der Waals surface area contributed by atoms with E-state index in [1.807, 2.05) is 0 Å². The van der Waals surface area contributed by atoms with Crippen LogP contribution in [0, 0.1) is 11.8 Å². The Labute approximate surface area is 101 Å². The van der Waals surface area contributed by atoms with Gasteiger partial charge in [0.1, 0.15) is 0 Å². The molecule has 0 aliphatic heterocycles. The van der Waals surface area contributed by atoms with E-state index in [0.29, 0.717) is 0 Å². The SMILES string of the molecule is CCC1CCCC(/C=C/CCNC2CC2)C1. The molecule has 16 heavy (non-hydrogen) atoms. The minimum atomic E-state index is 0.868. The Morgan fingerprint density at radius 2 is 2.06 bits per heavy atom. The summed E-state index contributed by atoms with van der Waals surface area (Å²) < 4.78 is 0. The summed E-state index contributed by atoms with van der Waals surface area (Å²) in [5.41, 5.74) is 0. The molecule has 92 valence electrons. The number of hydrogen-bond acceptors (Lipinski definition) is 1. The van der Waals surface area contributed by atoms with Gasteiger partial charge in [0.15, 0.2) is 0 Å². The van der Waals surface area contributed by atoms with Crippen molar-refractivity contribution in [2.75, 3.05) is 6.54 Å². The predicted octanol–water partition coefficient (Wildman–Crippen LogP) is 3.90. The zero-order valence-corrected chi connectivity index (χ0v) is 10.8. The van der Waals surface area contributed by atoms with Gasteiger partial charge >= 0.3 is 0 Å². The number of allylic oxidation sites excluding steroid dienone is 1. The molecule has 2 rings (SSSR count). The van der Waals surface area contributed by atoms with Crippen LogP contribution in [0.15, 0.2) is 12.2 Å². The summed E-state index contributed by atoms with van der Waals surface area (Å²) in [5, 5.41) is 3.56. The van der Waals surface area contributed by atoms with Crippen molar-refractivity contribution in [1.82, 2.24) is 5.32 Å². The first-order valence-electron chi connectivity index (χ1n) is 7.28. The van der Waals surface area contributed by atoms with Crippen LogP contribution in [0.5, 0.6) is 0 Å². The lowest BCUT2D eigenvalue weighted by Gasteiger charge is -2.26. The van der Waals surface area contributed by atoms with E-state index in [-0.39, 0.29) is 0 Å². The maximum Gasteiger partial charge on any atom is 0.00683 e. The molecule has 0 radical (unpaired) electrons. The van der Waals surface area contributed by atoms with E-state index >= 15 is 0 Å². The predicted molar refractivity (Wildman–Crippen MR) is 70.5 cm³/mol. The molecule has 1 heteroatoms. The Kier molecular flexibility index (Phi) is 4.90. The summed E-state index contributed by atoms with van der Waals surface area (Å²) >= 11 is 0. The van der Waals surface area contributed by atoms with E-state index in [1.54, 1.807) is 0 Å². The molecule has 1 nitrogen and oxygen atoms in total. The normalized spacial score (nSPS) is 31.1. The van der Waals surface area contributed by atoms with Gasteiger partial charge in [-0.1, -0.05) is 38.3 Å². The van der Waals surface area contributed by atoms with Crippen LogP contribution in [0.4, 0.5) is 0 Å². The van der Waals surface area contributed by atoms with Gasteiger partial charge in [0.25, 0.3) is 0 Å². The second kappa shape index (κ2) is 6.44. The van der Waals surface area contributed by atoms with Crippen molar-refractivity contribution >= 4 is 0 Å². The first-order chi connectivity index (χ1) is 7.88. The van der Waals surface area contributed by atoms with Crippen molar-refractivity contribution in [3.63, 3.8) is 0 Å². The van der Waals surface area contributed by atoms with E-state index < -0.39 is 0 Å². The fourth-order valence-corrected chi connectivity index (χ4v) is 2.83. The lowest BCUT2D eigenvalue weighted by molar-refractivity contribution is 0.297. The lowest BCUT2D eigenvalue weighted by Crippen LogP contribution is -2.17. The molecular weight excluding hydrogens is 194 g/mol. The molecule has 2 fully saturated rings. The van der Waals surface area contributed by atoms with Crippen molar-refractivity contribution in [2.45, 2.75) is 64.3 Å². The third-order valence-electron chi connectivity index (χ3n) is 4.13. The Balaban J connectivity index is 1.57. The van der Waals surface area contributed by atoms with Gasteiger partial charge in [-0.25, -0.2) is 0 Å². The molecule has 2 atom stereocenters. The maximum atomic E-state index is 3.56. The fourth-order valence-electron chi connectivity index (χ4n) is 2.83. The van der Waals surface area contributed by atoms with Gasteiger partial charge < -0.3 is 5.32 Å². The smallest absolute Gasteiger partial charge is 0.00683 e. The van der Waals surface area contributed by atoms with Crippen LogP contribution in [0.2, 0.25) is 0 Å². The van der Waals surface area contributed by atoms with E-state index in [2.05, 4.69) is 24.4 Å². The Morgan fingerprint density at radius 1 is 1.19 bits per heavy atom. The van der Waals surface area contributed by atoms with Crippen LogP contribution in [0.1, 0.15) is 58.3 Å². The average molecular weight is 221 g/mol. The molecule has 2 saturated carbocycles. The molecule has 2 unspecified atom stereocenters. The third kappa shape index (κ3) is 4.29. The van der Waals surface area contributed by atoms with Crippen molar-refractivity contribution in [2.24, 2.45) is 11.8 Å². The Hall–Kier alpha value is -0.300. The summed E-state index contributed by atoms with van der Waals surface area (Å²) in [7, 11) is 0. The highest BCUT2D eigenvalue weighted by molar-refractivity contribution is 4.92. The standard InChI is InChI=1S/C15H27N/c1-2-13-7-5-8-14(12-13)6-3-4-11-16-15-9-10-15/h3,6,13-16H,2,4-5,7-12H2,1H3/b6-3+. The molecule has 0 heterocycles. The third-order valence-corrected chi connectivity index (χ3v) is 4.13. The van der Waals surface area contributed by atoms with Gasteiger partial charge in [0.05, 0.1) is 0 Å². The second-order valence-corrected chi connectivity index (χ2v) is 5.65. The van der Waals surface area contributed by atoms with Gasteiger partial charge in [0.2, 0.25) is 0 Å². The van der Waals surface area contributed by atoms with Crippen LogP contribution >= 0.6 is 0 Å². The zero-order valence-electron chi connectivity index (χ0n) is 10.8. The second-order valence-electron chi connectivity index (χ2n) is 5.65. The van der Waals surface area contributed by atoms with Crippen LogP contribution in [-0.2, 0) is 0 Å². The van der Waals surface area contributed by atoms with Gasteiger partial charge in [-0.15, -0.1) is 0 Å². The topological polar surface area (TPSA) is 12.0 Å². The summed E-state index contributed by atoms with van der Waals surface area (Å²) in [4.78, 5) is 0. The van der Waals surface area contributed by atoms with Crippen LogP contribution < -0.4 is 5.32 Å². The molecule has 0 aromatic heterocycles. The van der Waals surface area contributed by atoms with E-state index in [4.69, 9.17) is 0 Å². The lowest BCUT2D eigenvalue weighted by atomic mass is 9.80. The highest BCUT2D eigenvalue weighted by atomic mass is 14.9. The van der Waals surface area contributed by atoms with Gasteiger partial charge in [0, 0.05) is 6.04 Å².